The van der Waals surface area contributed by atoms with Crippen LogP contribution in [-0.2, 0) is 11.3 Å². The van der Waals surface area contributed by atoms with Crippen molar-refractivity contribution in [1.82, 2.24) is 0 Å². The third-order valence-corrected chi connectivity index (χ3v) is 4.24. The molecule has 3 rings (SSSR count). The summed E-state index contributed by atoms with van der Waals surface area (Å²) in [5, 5.41) is 8.95. The summed E-state index contributed by atoms with van der Waals surface area (Å²) in [6.07, 6.45) is 0. The van der Waals surface area contributed by atoms with E-state index in [1.54, 1.807) is 11.0 Å². The predicted octanol–water partition coefficient (Wildman–Crippen LogP) is 3.20. The lowest BCUT2D eigenvalue weighted by atomic mass is 10.1. The number of hydrogen-bond acceptors (Lipinski definition) is 3. The Hall–Kier alpha value is -2.25. The minimum Gasteiger partial charge on any atom is -0.306 e. The lowest BCUT2D eigenvalue weighted by Crippen LogP contribution is -2.34. The van der Waals surface area contributed by atoms with Gasteiger partial charge in [0, 0.05) is 4.90 Å². The van der Waals surface area contributed by atoms with Gasteiger partial charge in [0.05, 0.1) is 29.6 Å². The van der Waals surface area contributed by atoms with Crippen LogP contribution in [0, 0.1) is 11.3 Å². The zero-order valence-electron chi connectivity index (χ0n) is 10.7. The number of amides is 1. The molecule has 3 nitrogen and oxygen atoms in total. The molecule has 2 aromatic rings. The van der Waals surface area contributed by atoms with Crippen LogP contribution in [0.15, 0.2) is 53.4 Å². The van der Waals surface area contributed by atoms with Crippen LogP contribution in [0.4, 0.5) is 5.69 Å². The molecule has 0 spiro atoms. The lowest BCUT2D eigenvalue weighted by molar-refractivity contribution is -0.116. The minimum atomic E-state index is 0.107. The molecule has 0 saturated carbocycles. The molecule has 1 amide bonds. The van der Waals surface area contributed by atoms with Crippen LogP contribution < -0.4 is 4.90 Å². The van der Waals surface area contributed by atoms with Crippen LogP contribution in [-0.4, -0.2) is 11.7 Å². The fraction of sp³-hybridized carbons (Fsp3) is 0.125. The molecule has 20 heavy (non-hydrogen) atoms. The first-order chi connectivity index (χ1) is 9.78. The molecule has 98 valence electrons. The van der Waals surface area contributed by atoms with Crippen molar-refractivity contribution in [3.63, 3.8) is 0 Å². The maximum Gasteiger partial charge on any atom is 0.237 e. The molecular weight excluding hydrogens is 268 g/mol. The Morgan fingerprint density at radius 2 is 2.00 bits per heavy atom. The monoisotopic (exact) mass is 280 g/mol. The number of thioether (sulfide) groups is 1. The van der Waals surface area contributed by atoms with Gasteiger partial charge < -0.3 is 4.90 Å². The Bertz CT molecular complexity index is 691. The number of fused-ring (bicyclic) bond motifs is 1. The second kappa shape index (κ2) is 5.40. The summed E-state index contributed by atoms with van der Waals surface area (Å²) in [5.74, 6) is 0.533. The molecule has 0 bridgehead atoms. The summed E-state index contributed by atoms with van der Waals surface area (Å²) in [5.41, 5.74) is 2.63. The van der Waals surface area contributed by atoms with E-state index in [0.717, 1.165) is 16.1 Å². The van der Waals surface area contributed by atoms with Gasteiger partial charge in [-0.1, -0.05) is 30.3 Å². The van der Waals surface area contributed by atoms with Gasteiger partial charge in [0.2, 0.25) is 5.91 Å². The Morgan fingerprint density at radius 3 is 2.75 bits per heavy atom. The van der Waals surface area contributed by atoms with Gasteiger partial charge in [-0.25, -0.2) is 0 Å². The number of nitriles is 1. The maximum atomic E-state index is 12.2. The summed E-state index contributed by atoms with van der Waals surface area (Å²) >= 11 is 1.50. The SMILES string of the molecule is N#Cc1ccc2c(c1)SCC(=O)N2Cc1ccccc1. The molecule has 4 heteroatoms. The number of hydrogen-bond donors (Lipinski definition) is 0. The first kappa shape index (κ1) is 12.8. The van der Waals surface area contributed by atoms with Crippen molar-refractivity contribution in [1.29, 1.82) is 5.26 Å². The molecule has 1 aliphatic heterocycles. The van der Waals surface area contributed by atoms with Crippen LogP contribution in [0.2, 0.25) is 0 Å². The van der Waals surface area contributed by atoms with Crippen LogP contribution in [0.3, 0.4) is 0 Å². The third kappa shape index (κ3) is 2.40. The standard InChI is InChI=1S/C16H12N2OS/c17-9-13-6-7-14-15(8-13)20-11-16(19)18(14)10-12-4-2-1-3-5-12/h1-8H,10-11H2. The Labute approximate surface area is 121 Å². The Kier molecular flexibility index (Phi) is 3.44. The maximum absolute atomic E-state index is 12.2. The molecular formula is C16H12N2OS. The van der Waals surface area contributed by atoms with E-state index in [1.165, 1.54) is 11.8 Å². The molecule has 0 aromatic heterocycles. The summed E-state index contributed by atoms with van der Waals surface area (Å²) < 4.78 is 0. The molecule has 1 aliphatic rings. The van der Waals surface area contributed by atoms with Crippen LogP contribution >= 0.6 is 11.8 Å². The number of benzene rings is 2. The highest BCUT2D eigenvalue weighted by Crippen LogP contribution is 2.36. The molecule has 0 N–H and O–H groups in total. The largest absolute Gasteiger partial charge is 0.306 e. The summed E-state index contributed by atoms with van der Waals surface area (Å²) in [7, 11) is 0. The van der Waals surface area contributed by atoms with Gasteiger partial charge in [-0.2, -0.15) is 5.26 Å². The number of rotatable bonds is 2. The molecule has 1 heterocycles. The molecule has 2 aromatic carbocycles. The van der Waals surface area contributed by atoms with Crippen LogP contribution in [0.1, 0.15) is 11.1 Å². The van der Waals surface area contributed by atoms with Gasteiger partial charge in [-0.3, -0.25) is 4.79 Å². The molecule has 0 atom stereocenters. The second-order valence-corrected chi connectivity index (χ2v) is 5.57. The fourth-order valence-corrected chi connectivity index (χ4v) is 3.18. The minimum absolute atomic E-state index is 0.107. The molecule has 0 unspecified atom stereocenters. The number of nitrogens with zero attached hydrogens (tertiary/aromatic N) is 2. The summed E-state index contributed by atoms with van der Waals surface area (Å²) in [4.78, 5) is 14.9. The van der Waals surface area contributed by atoms with E-state index in [-0.39, 0.29) is 5.91 Å². The van der Waals surface area contributed by atoms with E-state index in [0.29, 0.717) is 17.9 Å². The quantitative estimate of drug-likeness (QED) is 0.848. The highest BCUT2D eigenvalue weighted by molar-refractivity contribution is 8.00. The van der Waals surface area contributed by atoms with E-state index in [9.17, 15) is 4.79 Å². The number of carbonyl (C=O) groups excluding carboxylic acids is 1. The smallest absolute Gasteiger partial charge is 0.237 e. The van der Waals surface area contributed by atoms with Crippen molar-refractivity contribution >= 4 is 23.4 Å². The van der Waals surface area contributed by atoms with E-state index in [1.807, 2.05) is 42.5 Å². The van der Waals surface area contributed by atoms with E-state index in [2.05, 4.69) is 6.07 Å². The van der Waals surface area contributed by atoms with Crippen molar-refractivity contribution in [2.24, 2.45) is 0 Å². The molecule has 0 fully saturated rings. The molecule has 0 aliphatic carbocycles. The zero-order chi connectivity index (χ0) is 13.9. The van der Waals surface area contributed by atoms with Gasteiger partial charge in [0.25, 0.3) is 0 Å². The number of carbonyl (C=O) groups is 1. The highest BCUT2D eigenvalue weighted by Gasteiger charge is 2.24. The van der Waals surface area contributed by atoms with Gasteiger partial charge in [0.1, 0.15) is 0 Å². The first-order valence-corrected chi connectivity index (χ1v) is 7.28. The van der Waals surface area contributed by atoms with Crippen molar-refractivity contribution in [3.05, 3.63) is 59.7 Å². The third-order valence-electron chi connectivity index (χ3n) is 3.22. The van der Waals surface area contributed by atoms with Crippen LogP contribution in [0.25, 0.3) is 0 Å². The molecule has 0 radical (unpaired) electrons. The van der Waals surface area contributed by atoms with Gasteiger partial charge >= 0.3 is 0 Å². The molecule has 0 saturated heterocycles. The van der Waals surface area contributed by atoms with Crippen molar-refractivity contribution in [2.75, 3.05) is 10.7 Å². The topological polar surface area (TPSA) is 44.1 Å². The summed E-state index contributed by atoms with van der Waals surface area (Å²) in [6.45, 7) is 0.569. The normalized spacial score (nSPS) is 13.8. The highest BCUT2D eigenvalue weighted by atomic mass is 32.2. The average Bonchev–Trinajstić information content (AvgIpc) is 2.50. The summed E-state index contributed by atoms with van der Waals surface area (Å²) in [6, 6.07) is 17.5. The Morgan fingerprint density at radius 1 is 1.20 bits per heavy atom. The second-order valence-electron chi connectivity index (χ2n) is 4.55. The van der Waals surface area contributed by atoms with Crippen molar-refractivity contribution < 1.29 is 4.79 Å². The van der Waals surface area contributed by atoms with E-state index >= 15 is 0 Å². The van der Waals surface area contributed by atoms with Gasteiger partial charge in [-0.05, 0) is 23.8 Å². The van der Waals surface area contributed by atoms with Gasteiger partial charge in [0.15, 0.2) is 0 Å². The van der Waals surface area contributed by atoms with Crippen molar-refractivity contribution in [2.45, 2.75) is 11.4 Å². The van der Waals surface area contributed by atoms with E-state index < -0.39 is 0 Å². The average molecular weight is 280 g/mol. The van der Waals surface area contributed by atoms with E-state index in [4.69, 9.17) is 5.26 Å². The fourth-order valence-electron chi connectivity index (χ4n) is 2.21. The number of anilines is 1. The zero-order valence-corrected chi connectivity index (χ0v) is 11.6. The van der Waals surface area contributed by atoms with Crippen molar-refractivity contribution in [3.8, 4) is 6.07 Å². The predicted molar refractivity (Wildman–Crippen MR) is 79.5 cm³/mol. The Balaban J connectivity index is 1.96. The lowest BCUT2D eigenvalue weighted by Gasteiger charge is -2.29. The van der Waals surface area contributed by atoms with Gasteiger partial charge in [-0.15, -0.1) is 11.8 Å². The first-order valence-electron chi connectivity index (χ1n) is 6.29. The van der Waals surface area contributed by atoms with Crippen LogP contribution in [0.5, 0.6) is 0 Å².